The molecule has 69 valence electrons. The Kier molecular flexibility index (Phi) is 2.92. The Labute approximate surface area is 73.8 Å². The van der Waals surface area contributed by atoms with E-state index in [1.807, 2.05) is 6.07 Å². The monoisotopic (exact) mass is 185 g/mol. The first kappa shape index (κ1) is 9.60. The van der Waals surface area contributed by atoms with E-state index in [0.29, 0.717) is 0 Å². The van der Waals surface area contributed by atoms with Gasteiger partial charge in [0.1, 0.15) is 11.6 Å². The second kappa shape index (κ2) is 3.95. The van der Waals surface area contributed by atoms with Crippen LogP contribution in [0.15, 0.2) is 12.1 Å². The van der Waals surface area contributed by atoms with Crippen molar-refractivity contribution < 1.29 is 13.6 Å². The molecule has 1 aromatic carbocycles. The van der Waals surface area contributed by atoms with Crippen molar-refractivity contribution in [3.05, 3.63) is 35.4 Å². The standard InChI is InChI=1S/C8H7F2N2O/c1-13-12-8(11)6-3-2-5(9)4-7(6)10/h2-3H,1H3,(H2,11,12). The third kappa shape index (κ3) is 2.22. The van der Waals surface area contributed by atoms with Gasteiger partial charge >= 0.3 is 0 Å². The minimum Gasteiger partial charge on any atom is -0.282 e. The number of hydroxylamine groups is 1. The number of hydrogen-bond donors (Lipinski definition) is 2. The Morgan fingerprint density at radius 2 is 2.23 bits per heavy atom. The van der Waals surface area contributed by atoms with Crippen molar-refractivity contribution >= 4 is 5.84 Å². The largest absolute Gasteiger partial charge is 0.282 e. The highest BCUT2D eigenvalue weighted by Gasteiger charge is 2.08. The summed E-state index contributed by atoms with van der Waals surface area (Å²) < 4.78 is 25.3. The Hall–Kier alpha value is -1.49. The van der Waals surface area contributed by atoms with Gasteiger partial charge in [-0.2, -0.15) is 0 Å². The highest BCUT2D eigenvalue weighted by atomic mass is 19.1. The minimum atomic E-state index is -0.922. The van der Waals surface area contributed by atoms with Gasteiger partial charge in [0.25, 0.3) is 0 Å². The van der Waals surface area contributed by atoms with Gasteiger partial charge in [0.2, 0.25) is 0 Å². The number of halogens is 2. The van der Waals surface area contributed by atoms with Gasteiger partial charge in [0, 0.05) is 0 Å². The highest BCUT2D eigenvalue weighted by Crippen LogP contribution is 2.08. The summed E-state index contributed by atoms with van der Waals surface area (Å²) in [6.45, 7) is 0. The number of hydrogen-bond acceptors (Lipinski definition) is 2. The molecule has 0 atom stereocenters. The van der Waals surface area contributed by atoms with E-state index in [1.165, 1.54) is 7.11 Å². The summed E-state index contributed by atoms with van der Waals surface area (Å²) in [5.74, 6) is -2.00. The van der Waals surface area contributed by atoms with Gasteiger partial charge in [-0.15, -0.1) is 0 Å². The molecule has 0 saturated heterocycles. The Balaban J connectivity index is 2.95. The molecule has 0 aliphatic heterocycles. The third-order valence-corrected chi connectivity index (χ3v) is 1.34. The quantitative estimate of drug-likeness (QED) is 0.413. The Morgan fingerprint density at radius 3 is 2.77 bits per heavy atom. The van der Waals surface area contributed by atoms with Crippen LogP contribution in [0.1, 0.15) is 5.56 Å². The lowest BCUT2D eigenvalue weighted by atomic mass is 10.2. The topological polar surface area (TPSA) is 45.1 Å². The van der Waals surface area contributed by atoms with Crippen LogP contribution in [0.25, 0.3) is 0 Å². The number of amidine groups is 1. The molecule has 13 heavy (non-hydrogen) atoms. The molecule has 0 aliphatic rings. The van der Waals surface area contributed by atoms with E-state index in [0.717, 1.165) is 12.1 Å². The lowest BCUT2D eigenvalue weighted by molar-refractivity contribution is 0.144. The summed E-state index contributed by atoms with van der Waals surface area (Å²) in [5.41, 5.74) is 2.03. The normalized spacial score (nSPS) is 9.77. The lowest BCUT2D eigenvalue weighted by Gasteiger charge is -2.05. The molecule has 2 N–H and O–H groups in total. The van der Waals surface area contributed by atoms with Crippen molar-refractivity contribution in [3.8, 4) is 0 Å². The van der Waals surface area contributed by atoms with Crippen molar-refractivity contribution in [1.82, 2.24) is 5.48 Å². The first-order valence-electron chi connectivity index (χ1n) is 3.40. The van der Waals surface area contributed by atoms with Crippen molar-refractivity contribution in [3.63, 3.8) is 0 Å². The van der Waals surface area contributed by atoms with Gasteiger partial charge < -0.3 is 0 Å². The zero-order valence-corrected chi connectivity index (χ0v) is 6.82. The van der Waals surface area contributed by atoms with Gasteiger partial charge in [-0.3, -0.25) is 10.2 Å². The fourth-order valence-electron chi connectivity index (χ4n) is 0.794. The van der Waals surface area contributed by atoms with Crippen molar-refractivity contribution in [2.24, 2.45) is 0 Å². The summed E-state index contributed by atoms with van der Waals surface area (Å²) in [5, 5.41) is 7.22. The van der Waals surface area contributed by atoms with Crippen LogP contribution >= 0.6 is 0 Å². The van der Waals surface area contributed by atoms with E-state index in [-0.39, 0.29) is 11.4 Å². The van der Waals surface area contributed by atoms with Crippen LogP contribution in [0.2, 0.25) is 0 Å². The molecule has 0 amide bonds. The van der Waals surface area contributed by atoms with Crippen LogP contribution in [-0.4, -0.2) is 12.9 Å². The smallest absolute Gasteiger partial charge is 0.152 e. The summed E-state index contributed by atoms with van der Waals surface area (Å²) in [6.07, 6.45) is 0. The summed E-state index contributed by atoms with van der Waals surface area (Å²) >= 11 is 0. The predicted molar refractivity (Wildman–Crippen MR) is 42.2 cm³/mol. The molecular weight excluding hydrogens is 178 g/mol. The van der Waals surface area contributed by atoms with Gasteiger partial charge in [-0.25, -0.2) is 14.3 Å². The van der Waals surface area contributed by atoms with E-state index >= 15 is 0 Å². The summed E-state index contributed by atoms with van der Waals surface area (Å²) in [4.78, 5) is 4.39. The molecule has 0 fully saturated rings. The van der Waals surface area contributed by atoms with Crippen LogP contribution in [0.5, 0.6) is 0 Å². The first-order chi connectivity index (χ1) is 6.15. The number of benzene rings is 1. The fraction of sp³-hybridized carbons (Fsp3) is 0.125. The molecule has 0 aliphatic carbocycles. The molecule has 0 aromatic heterocycles. The van der Waals surface area contributed by atoms with Gasteiger partial charge in [0.05, 0.1) is 18.7 Å². The first-order valence-corrected chi connectivity index (χ1v) is 3.40. The maximum Gasteiger partial charge on any atom is 0.152 e. The van der Waals surface area contributed by atoms with Gasteiger partial charge in [0.15, 0.2) is 5.84 Å². The van der Waals surface area contributed by atoms with Crippen LogP contribution in [-0.2, 0) is 4.84 Å². The van der Waals surface area contributed by atoms with E-state index in [4.69, 9.17) is 5.41 Å². The minimum absolute atomic E-state index is 0.0942. The molecule has 1 aromatic rings. The zero-order valence-electron chi connectivity index (χ0n) is 6.82. The second-order valence-electron chi connectivity index (χ2n) is 2.22. The van der Waals surface area contributed by atoms with E-state index < -0.39 is 11.6 Å². The zero-order chi connectivity index (χ0) is 9.84. The molecule has 0 heterocycles. The predicted octanol–water partition coefficient (Wildman–Crippen LogP) is 1.24. The Bertz CT molecular complexity index is 328. The average molecular weight is 185 g/mol. The molecular formula is C8H7F2N2O. The maximum atomic E-state index is 12.9. The molecule has 1 rings (SSSR count). The average Bonchev–Trinajstić information content (AvgIpc) is 2.04. The van der Waals surface area contributed by atoms with Crippen molar-refractivity contribution in [2.75, 3.05) is 7.11 Å². The maximum absolute atomic E-state index is 12.9. The molecule has 0 spiro atoms. The second-order valence-corrected chi connectivity index (χ2v) is 2.22. The van der Waals surface area contributed by atoms with Crippen LogP contribution in [0.4, 0.5) is 8.78 Å². The molecule has 0 unspecified atom stereocenters. The van der Waals surface area contributed by atoms with E-state index in [2.05, 4.69) is 10.3 Å². The molecule has 3 nitrogen and oxygen atoms in total. The van der Waals surface area contributed by atoms with Crippen LogP contribution in [0, 0.1) is 23.1 Å². The lowest BCUT2D eigenvalue weighted by Crippen LogP contribution is -2.23. The molecule has 0 saturated carbocycles. The van der Waals surface area contributed by atoms with Crippen LogP contribution in [0.3, 0.4) is 0 Å². The van der Waals surface area contributed by atoms with Gasteiger partial charge in [-0.1, -0.05) is 0 Å². The Morgan fingerprint density at radius 1 is 1.54 bits per heavy atom. The SMILES string of the molecule is CONC(=N)c1ccc(F)[c]c1F. The molecule has 1 radical (unpaired) electrons. The van der Waals surface area contributed by atoms with E-state index in [9.17, 15) is 8.78 Å². The van der Waals surface area contributed by atoms with Crippen molar-refractivity contribution in [1.29, 1.82) is 5.41 Å². The molecule has 0 bridgehead atoms. The third-order valence-electron chi connectivity index (χ3n) is 1.34. The summed E-state index contributed by atoms with van der Waals surface area (Å²) in [6, 6.07) is 3.96. The number of rotatable bonds is 2. The summed E-state index contributed by atoms with van der Waals surface area (Å²) in [7, 11) is 1.29. The van der Waals surface area contributed by atoms with Gasteiger partial charge in [-0.05, 0) is 12.1 Å². The fourth-order valence-corrected chi connectivity index (χ4v) is 0.794. The molecule has 5 heteroatoms. The number of nitrogens with one attached hydrogen (secondary N) is 2. The highest BCUT2D eigenvalue weighted by molar-refractivity contribution is 5.95. The van der Waals surface area contributed by atoms with Crippen LogP contribution < -0.4 is 5.48 Å². The van der Waals surface area contributed by atoms with E-state index in [1.54, 1.807) is 0 Å². The van der Waals surface area contributed by atoms with Crippen molar-refractivity contribution in [2.45, 2.75) is 0 Å².